The van der Waals surface area contributed by atoms with E-state index in [0.29, 0.717) is 6.04 Å². The smallest absolute Gasteiger partial charge is 0.0480 e. The van der Waals surface area contributed by atoms with Crippen molar-refractivity contribution in [3.63, 3.8) is 0 Å². The third-order valence-electron chi connectivity index (χ3n) is 4.04. The summed E-state index contributed by atoms with van der Waals surface area (Å²) >= 11 is 0. The van der Waals surface area contributed by atoms with Gasteiger partial charge in [0, 0.05) is 19.3 Å². The molecule has 0 heterocycles. The number of rotatable bonds is 5. The molecule has 0 aliphatic heterocycles. The van der Waals surface area contributed by atoms with Crippen LogP contribution >= 0.6 is 0 Å². The summed E-state index contributed by atoms with van der Waals surface area (Å²) in [4.78, 5) is 0. The number of ether oxygens (including phenoxy) is 1. The molecule has 0 spiro atoms. The Balaban J connectivity index is 2.24. The highest BCUT2D eigenvalue weighted by Crippen LogP contribution is 2.35. The maximum Gasteiger partial charge on any atom is 0.0480 e. The van der Waals surface area contributed by atoms with Crippen molar-refractivity contribution in [2.24, 2.45) is 23.5 Å². The molecular weight excluding hydrogens is 186 g/mol. The van der Waals surface area contributed by atoms with E-state index in [1.165, 1.54) is 19.3 Å². The van der Waals surface area contributed by atoms with Crippen LogP contribution in [0.25, 0.3) is 0 Å². The van der Waals surface area contributed by atoms with E-state index in [1.54, 1.807) is 0 Å². The van der Waals surface area contributed by atoms with E-state index in [-0.39, 0.29) is 0 Å². The Morgan fingerprint density at radius 1 is 1.27 bits per heavy atom. The van der Waals surface area contributed by atoms with Crippen molar-refractivity contribution < 1.29 is 4.74 Å². The Hall–Kier alpha value is -0.0800. The lowest BCUT2D eigenvalue weighted by Crippen LogP contribution is -2.36. The average Bonchev–Trinajstić information content (AvgIpc) is 2.22. The molecule has 2 N–H and O–H groups in total. The minimum absolute atomic E-state index is 0.353. The van der Waals surface area contributed by atoms with Crippen molar-refractivity contribution in [1.29, 1.82) is 0 Å². The lowest BCUT2D eigenvalue weighted by atomic mass is 9.73. The van der Waals surface area contributed by atoms with Crippen LogP contribution in [0.2, 0.25) is 0 Å². The molecule has 0 aromatic rings. The fraction of sp³-hybridized carbons (Fsp3) is 1.00. The summed E-state index contributed by atoms with van der Waals surface area (Å²) in [5, 5.41) is 0. The van der Waals surface area contributed by atoms with E-state index >= 15 is 0 Å². The lowest BCUT2D eigenvalue weighted by molar-refractivity contribution is 0.119. The molecule has 4 atom stereocenters. The Bertz CT molecular complexity index is 172. The molecule has 4 unspecified atom stereocenters. The largest absolute Gasteiger partial charge is 0.382 e. The van der Waals surface area contributed by atoms with Gasteiger partial charge >= 0.3 is 0 Å². The Kier molecular flexibility index (Phi) is 5.62. The quantitative estimate of drug-likeness (QED) is 0.713. The predicted octanol–water partition coefficient (Wildman–Crippen LogP) is 2.81. The van der Waals surface area contributed by atoms with Crippen LogP contribution in [0, 0.1) is 17.8 Å². The second-order valence-electron chi connectivity index (χ2n) is 5.18. The third-order valence-corrected chi connectivity index (χ3v) is 4.04. The van der Waals surface area contributed by atoms with E-state index in [9.17, 15) is 0 Å². The van der Waals surface area contributed by atoms with Crippen molar-refractivity contribution in [3.05, 3.63) is 0 Å². The van der Waals surface area contributed by atoms with Crippen molar-refractivity contribution in [1.82, 2.24) is 0 Å². The monoisotopic (exact) mass is 213 g/mol. The van der Waals surface area contributed by atoms with Gasteiger partial charge in [-0.1, -0.05) is 20.3 Å². The molecule has 90 valence electrons. The molecule has 15 heavy (non-hydrogen) atoms. The summed E-state index contributed by atoms with van der Waals surface area (Å²) in [7, 11) is 0. The van der Waals surface area contributed by atoms with Crippen LogP contribution in [0.3, 0.4) is 0 Å². The van der Waals surface area contributed by atoms with Gasteiger partial charge in [-0.05, 0) is 43.9 Å². The SMILES string of the molecule is CCOCCC(N)C1CCC(C)C(C)C1. The second kappa shape index (κ2) is 6.49. The van der Waals surface area contributed by atoms with Gasteiger partial charge in [-0.25, -0.2) is 0 Å². The predicted molar refractivity (Wildman–Crippen MR) is 64.8 cm³/mol. The fourth-order valence-corrected chi connectivity index (χ4v) is 2.58. The van der Waals surface area contributed by atoms with Crippen LogP contribution < -0.4 is 5.73 Å². The van der Waals surface area contributed by atoms with Crippen molar-refractivity contribution in [2.75, 3.05) is 13.2 Å². The zero-order chi connectivity index (χ0) is 11.3. The van der Waals surface area contributed by atoms with Gasteiger partial charge in [-0.15, -0.1) is 0 Å². The van der Waals surface area contributed by atoms with Crippen LogP contribution in [0.15, 0.2) is 0 Å². The van der Waals surface area contributed by atoms with Gasteiger partial charge in [0.1, 0.15) is 0 Å². The number of hydrogen-bond acceptors (Lipinski definition) is 2. The zero-order valence-electron chi connectivity index (χ0n) is 10.5. The van der Waals surface area contributed by atoms with Crippen LogP contribution in [-0.4, -0.2) is 19.3 Å². The average molecular weight is 213 g/mol. The second-order valence-corrected chi connectivity index (χ2v) is 5.18. The zero-order valence-corrected chi connectivity index (χ0v) is 10.5. The first-order valence-corrected chi connectivity index (χ1v) is 6.48. The lowest BCUT2D eigenvalue weighted by Gasteiger charge is -2.35. The van der Waals surface area contributed by atoms with Crippen molar-refractivity contribution in [2.45, 2.75) is 52.5 Å². The molecule has 2 nitrogen and oxygen atoms in total. The number of hydrogen-bond donors (Lipinski definition) is 1. The molecule has 0 radical (unpaired) electrons. The van der Waals surface area contributed by atoms with E-state index in [0.717, 1.165) is 37.4 Å². The summed E-state index contributed by atoms with van der Waals surface area (Å²) in [5.41, 5.74) is 6.22. The van der Waals surface area contributed by atoms with Gasteiger partial charge < -0.3 is 10.5 Å². The Labute approximate surface area is 94.6 Å². The first-order chi connectivity index (χ1) is 7.15. The minimum atomic E-state index is 0.353. The summed E-state index contributed by atoms with van der Waals surface area (Å²) in [6, 6.07) is 0.353. The van der Waals surface area contributed by atoms with Gasteiger partial charge in [0.25, 0.3) is 0 Å². The summed E-state index contributed by atoms with van der Waals surface area (Å²) in [6.45, 7) is 8.41. The highest BCUT2D eigenvalue weighted by Gasteiger charge is 2.27. The fourth-order valence-electron chi connectivity index (χ4n) is 2.58. The van der Waals surface area contributed by atoms with E-state index in [4.69, 9.17) is 10.5 Å². The molecule has 2 heteroatoms. The van der Waals surface area contributed by atoms with Crippen LogP contribution in [0.1, 0.15) is 46.5 Å². The highest BCUT2D eigenvalue weighted by atomic mass is 16.5. The first kappa shape index (κ1) is 13.0. The minimum Gasteiger partial charge on any atom is -0.382 e. The van der Waals surface area contributed by atoms with Gasteiger partial charge in [0.05, 0.1) is 0 Å². The molecule has 0 saturated heterocycles. The van der Waals surface area contributed by atoms with E-state index < -0.39 is 0 Å². The van der Waals surface area contributed by atoms with Crippen LogP contribution in [0.5, 0.6) is 0 Å². The van der Waals surface area contributed by atoms with Crippen molar-refractivity contribution >= 4 is 0 Å². The molecule has 1 rings (SSSR count). The molecule has 0 amide bonds. The summed E-state index contributed by atoms with van der Waals surface area (Å²) < 4.78 is 5.36. The summed E-state index contributed by atoms with van der Waals surface area (Å²) in [6.07, 6.45) is 5.01. The topological polar surface area (TPSA) is 35.2 Å². The third kappa shape index (κ3) is 4.12. The molecule has 1 aliphatic carbocycles. The van der Waals surface area contributed by atoms with E-state index in [1.807, 2.05) is 6.92 Å². The molecule has 1 aliphatic rings. The van der Waals surface area contributed by atoms with E-state index in [2.05, 4.69) is 13.8 Å². The van der Waals surface area contributed by atoms with Crippen LogP contribution in [-0.2, 0) is 4.74 Å². The molecule has 1 fully saturated rings. The Morgan fingerprint density at radius 2 is 2.00 bits per heavy atom. The van der Waals surface area contributed by atoms with Gasteiger partial charge in [0.2, 0.25) is 0 Å². The van der Waals surface area contributed by atoms with Crippen LogP contribution in [0.4, 0.5) is 0 Å². The first-order valence-electron chi connectivity index (χ1n) is 6.48. The van der Waals surface area contributed by atoms with Gasteiger partial charge in [-0.2, -0.15) is 0 Å². The number of nitrogens with two attached hydrogens (primary N) is 1. The van der Waals surface area contributed by atoms with Gasteiger partial charge in [-0.3, -0.25) is 0 Å². The molecular formula is C13H27NO. The molecule has 0 aromatic carbocycles. The Morgan fingerprint density at radius 3 is 2.60 bits per heavy atom. The summed E-state index contributed by atoms with van der Waals surface area (Å²) in [5.74, 6) is 2.47. The normalized spacial score (nSPS) is 34.0. The molecule has 1 saturated carbocycles. The maximum absolute atomic E-state index is 6.22. The van der Waals surface area contributed by atoms with Crippen molar-refractivity contribution in [3.8, 4) is 0 Å². The standard InChI is InChI=1S/C13H27NO/c1-4-15-8-7-13(14)12-6-5-10(2)11(3)9-12/h10-13H,4-9,14H2,1-3H3. The van der Waals surface area contributed by atoms with Gasteiger partial charge in [0.15, 0.2) is 0 Å². The molecule has 0 bridgehead atoms. The molecule has 0 aromatic heterocycles. The maximum atomic E-state index is 6.22. The highest BCUT2D eigenvalue weighted by molar-refractivity contribution is 4.81.